The van der Waals surface area contributed by atoms with Crippen LogP contribution in [0.15, 0.2) is 29.1 Å². The van der Waals surface area contributed by atoms with Crippen LogP contribution in [0.4, 0.5) is 0 Å². The van der Waals surface area contributed by atoms with Gasteiger partial charge in [-0.3, -0.25) is 4.79 Å². The lowest BCUT2D eigenvalue weighted by atomic mass is 10.3. The first-order valence-corrected chi connectivity index (χ1v) is 4.66. The van der Waals surface area contributed by atoms with E-state index in [0.29, 0.717) is 11.6 Å². The number of pyridine rings is 1. The maximum Gasteiger partial charge on any atom is 0.251 e. The molecular weight excluding hydrogens is 190 g/mol. The highest BCUT2D eigenvalue weighted by Crippen LogP contribution is 1.72. The van der Waals surface area contributed by atoms with Crippen LogP contribution in [-0.4, -0.2) is 10.9 Å². The molecule has 1 aromatic heterocycles. The first-order valence-electron chi connectivity index (χ1n) is 4.66. The summed E-state index contributed by atoms with van der Waals surface area (Å²) in [6.07, 6.45) is 6.28. The molecule has 0 bridgehead atoms. The number of carbonyl (C=O) groups excluding carboxylic acids is 1. The molecule has 3 nitrogen and oxygen atoms in total. The predicted octanol–water partition coefficient (Wildman–Crippen LogP) is -0.186. The van der Waals surface area contributed by atoms with Gasteiger partial charge in [0.2, 0.25) is 0 Å². The average molecular weight is 203 g/mol. The van der Waals surface area contributed by atoms with Crippen LogP contribution in [0.1, 0.15) is 6.92 Å². The molecule has 78 valence electrons. The highest BCUT2D eigenvalue weighted by molar-refractivity contribution is 5.49. The van der Waals surface area contributed by atoms with Crippen LogP contribution in [0, 0.1) is 0 Å². The molecule has 0 spiro atoms. The molecule has 15 heavy (non-hydrogen) atoms. The highest BCUT2D eigenvalue weighted by atomic mass is 16.1. The van der Waals surface area contributed by atoms with Gasteiger partial charge in [0.1, 0.15) is 6.29 Å². The number of aromatic nitrogens is 1. The maximum absolute atomic E-state index is 11.4. The van der Waals surface area contributed by atoms with Gasteiger partial charge in [0, 0.05) is 11.4 Å². The lowest BCUT2D eigenvalue weighted by Crippen LogP contribution is -2.41. The van der Waals surface area contributed by atoms with Gasteiger partial charge in [0.15, 0.2) is 0 Å². The Labute approximate surface area is 87.7 Å². The number of allylic oxidation sites excluding steroid dienone is 2. The van der Waals surface area contributed by atoms with E-state index in [4.69, 9.17) is 0 Å². The van der Waals surface area contributed by atoms with Crippen molar-refractivity contribution in [3.05, 3.63) is 45.2 Å². The number of hydrogen-bond donors (Lipinski definition) is 0. The Morgan fingerprint density at radius 3 is 2.80 bits per heavy atom. The van der Waals surface area contributed by atoms with E-state index in [1.165, 1.54) is 10.6 Å². The number of hydrogen-bond acceptors (Lipinski definition) is 2. The van der Waals surface area contributed by atoms with E-state index in [9.17, 15) is 9.59 Å². The van der Waals surface area contributed by atoms with Gasteiger partial charge in [-0.25, -0.2) is 0 Å². The summed E-state index contributed by atoms with van der Waals surface area (Å²) in [6, 6.07) is 3.14. The van der Waals surface area contributed by atoms with E-state index in [1.807, 2.05) is 25.2 Å². The van der Waals surface area contributed by atoms with Crippen LogP contribution < -0.4 is 16.1 Å². The Bertz CT molecular complexity index is 538. The summed E-state index contributed by atoms with van der Waals surface area (Å²) in [5.41, 5.74) is -0.204. The van der Waals surface area contributed by atoms with Crippen molar-refractivity contribution in [1.29, 1.82) is 0 Å². The second-order valence-electron chi connectivity index (χ2n) is 3.04. The summed E-state index contributed by atoms with van der Waals surface area (Å²) in [4.78, 5) is 21.8. The minimum atomic E-state index is -0.204. The van der Waals surface area contributed by atoms with E-state index in [2.05, 4.69) is 6.58 Å². The van der Waals surface area contributed by atoms with Crippen LogP contribution in [0.25, 0.3) is 12.7 Å². The van der Waals surface area contributed by atoms with Crippen molar-refractivity contribution < 1.29 is 4.79 Å². The van der Waals surface area contributed by atoms with E-state index < -0.39 is 0 Å². The second-order valence-corrected chi connectivity index (χ2v) is 3.04. The predicted molar refractivity (Wildman–Crippen MR) is 60.8 cm³/mol. The van der Waals surface area contributed by atoms with Crippen molar-refractivity contribution >= 4 is 18.9 Å². The minimum absolute atomic E-state index is 0.0508. The summed E-state index contributed by atoms with van der Waals surface area (Å²) in [6.45, 7) is 5.75. The Hall–Kier alpha value is -1.90. The van der Waals surface area contributed by atoms with Crippen LogP contribution in [0.2, 0.25) is 0 Å². The fraction of sp³-hybridized carbons (Fsp3) is 0.167. The molecule has 0 aliphatic carbocycles. The molecule has 0 N–H and O–H groups in total. The smallest absolute Gasteiger partial charge is 0.251 e. The Balaban J connectivity index is 3.48. The number of rotatable bonds is 3. The van der Waals surface area contributed by atoms with Crippen molar-refractivity contribution in [3.63, 3.8) is 0 Å². The molecule has 0 unspecified atom stereocenters. The van der Waals surface area contributed by atoms with Crippen LogP contribution in [-0.2, 0) is 11.3 Å². The van der Waals surface area contributed by atoms with E-state index in [0.717, 1.165) is 5.22 Å². The van der Waals surface area contributed by atoms with E-state index >= 15 is 0 Å². The zero-order valence-corrected chi connectivity index (χ0v) is 8.64. The second kappa shape index (κ2) is 5.10. The molecule has 0 aliphatic heterocycles. The van der Waals surface area contributed by atoms with Crippen molar-refractivity contribution in [2.75, 3.05) is 0 Å². The molecule has 0 aliphatic rings. The first-order chi connectivity index (χ1) is 7.20. The van der Waals surface area contributed by atoms with Gasteiger partial charge in [-0.15, -0.1) is 0 Å². The van der Waals surface area contributed by atoms with Gasteiger partial charge in [0.25, 0.3) is 5.56 Å². The topological polar surface area (TPSA) is 39.1 Å². The molecule has 0 fully saturated rings. The summed E-state index contributed by atoms with van der Waals surface area (Å²) in [5, 5.41) is 1.40. The third-order valence-electron chi connectivity index (χ3n) is 2.06. The summed E-state index contributed by atoms with van der Waals surface area (Å²) in [5.74, 6) is 0. The molecule has 3 heteroatoms. The lowest BCUT2D eigenvalue weighted by molar-refractivity contribution is -0.108. The van der Waals surface area contributed by atoms with Gasteiger partial charge in [-0.1, -0.05) is 24.8 Å². The zero-order valence-electron chi connectivity index (χ0n) is 8.64. The SMILES string of the molecule is C=c1/c(=C\C=C/C)ccc(=O)n1CC=O. The Kier molecular flexibility index (Phi) is 3.80. The molecule has 0 aromatic carbocycles. The van der Waals surface area contributed by atoms with Gasteiger partial charge >= 0.3 is 0 Å². The van der Waals surface area contributed by atoms with Crippen LogP contribution in [0.5, 0.6) is 0 Å². The molecule has 0 amide bonds. The molecule has 0 atom stereocenters. The van der Waals surface area contributed by atoms with E-state index in [-0.39, 0.29) is 12.1 Å². The maximum atomic E-state index is 11.4. The Morgan fingerprint density at radius 1 is 1.47 bits per heavy atom. The highest BCUT2D eigenvalue weighted by Gasteiger charge is 1.95. The van der Waals surface area contributed by atoms with Gasteiger partial charge in [0.05, 0.1) is 6.54 Å². The van der Waals surface area contributed by atoms with Crippen LogP contribution in [0.3, 0.4) is 0 Å². The van der Waals surface area contributed by atoms with Crippen molar-refractivity contribution in [3.8, 4) is 0 Å². The summed E-state index contributed by atoms with van der Waals surface area (Å²) in [7, 11) is 0. The van der Waals surface area contributed by atoms with E-state index in [1.54, 1.807) is 6.07 Å². The molecule has 0 saturated carbocycles. The first kappa shape index (κ1) is 11.2. The number of aldehydes is 1. The van der Waals surface area contributed by atoms with Gasteiger partial charge in [-0.2, -0.15) is 0 Å². The van der Waals surface area contributed by atoms with Crippen molar-refractivity contribution in [2.24, 2.45) is 0 Å². The standard InChI is InChI=1S/C12H13NO2/c1-3-4-5-11-6-7-12(15)13(8-9-14)10(11)2/h3-7,9H,2,8H2,1H3/b4-3-,11-5-. The molecule has 0 saturated heterocycles. The molecular formula is C12H13NO2. The lowest BCUT2D eigenvalue weighted by Gasteiger charge is -2.00. The Morgan fingerprint density at radius 2 is 2.20 bits per heavy atom. The van der Waals surface area contributed by atoms with Crippen LogP contribution >= 0.6 is 0 Å². The van der Waals surface area contributed by atoms with Gasteiger partial charge < -0.3 is 9.36 Å². The number of carbonyl (C=O) groups is 1. The third-order valence-corrected chi connectivity index (χ3v) is 2.06. The normalized spacial score (nSPS) is 12.2. The fourth-order valence-corrected chi connectivity index (χ4v) is 1.26. The fourth-order valence-electron chi connectivity index (χ4n) is 1.26. The largest absolute Gasteiger partial charge is 0.302 e. The minimum Gasteiger partial charge on any atom is -0.302 e. The summed E-state index contributed by atoms with van der Waals surface area (Å²) < 4.78 is 1.35. The molecule has 0 radical (unpaired) electrons. The van der Waals surface area contributed by atoms with Crippen molar-refractivity contribution in [2.45, 2.75) is 13.5 Å². The zero-order chi connectivity index (χ0) is 11.3. The van der Waals surface area contributed by atoms with Gasteiger partial charge in [-0.05, 0) is 18.2 Å². The monoisotopic (exact) mass is 203 g/mol. The molecule has 1 aromatic rings. The van der Waals surface area contributed by atoms with Crippen molar-refractivity contribution in [1.82, 2.24) is 4.57 Å². The quantitative estimate of drug-likeness (QED) is 0.639. The molecule has 1 heterocycles. The average Bonchev–Trinajstić information content (AvgIpc) is 2.23. The number of nitrogens with zero attached hydrogens (tertiary/aromatic N) is 1. The third kappa shape index (κ3) is 2.53. The summed E-state index contributed by atoms with van der Waals surface area (Å²) >= 11 is 0. The molecule has 1 rings (SSSR count).